The van der Waals surface area contributed by atoms with Crippen LogP contribution in [0.3, 0.4) is 0 Å². The van der Waals surface area contributed by atoms with Crippen LogP contribution in [0.5, 0.6) is 5.75 Å². The molecule has 0 saturated carbocycles. The van der Waals surface area contributed by atoms with E-state index in [1.54, 1.807) is 37.1 Å². The van der Waals surface area contributed by atoms with E-state index in [-0.39, 0.29) is 11.8 Å². The number of oxazole rings is 1. The minimum Gasteiger partial charge on any atom is -0.497 e. The van der Waals surface area contributed by atoms with Crippen molar-refractivity contribution in [1.29, 1.82) is 0 Å². The summed E-state index contributed by atoms with van der Waals surface area (Å²) in [7, 11) is 1.58. The third kappa shape index (κ3) is 5.04. The van der Waals surface area contributed by atoms with Gasteiger partial charge >= 0.3 is 5.97 Å². The van der Waals surface area contributed by atoms with Crippen LogP contribution in [0.2, 0.25) is 0 Å². The maximum atomic E-state index is 12.4. The quantitative estimate of drug-likeness (QED) is 0.210. The second kappa shape index (κ2) is 10.8. The van der Waals surface area contributed by atoms with Crippen molar-refractivity contribution in [3.63, 3.8) is 0 Å². The summed E-state index contributed by atoms with van der Waals surface area (Å²) in [5.74, 6) is -0.0951. The van der Waals surface area contributed by atoms with Crippen LogP contribution in [-0.2, 0) is 9.54 Å². The van der Waals surface area contributed by atoms with Gasteiger partial charge in [0.05, 0.1) is 11.9 Å². The SMILES string of the molecule is COc1ccc2oc(N[C@@H](CSC(c3ccccc3)(c3ccccc3)c3ccccc3)C(=O)O)nc2c1. The molecule has 0 bridgehead atoms. The maximum absolute atomic E-state index is 12.4. The fourth-order valence-electron chi connectivity index (χ4n) is 4.40. The van der Waals surface area contributed by atoms with E-state index in [0.29, 0.717) is 16.8 Å². The number of methoxy groups -OCH3 is 1. The summed E-state index contributed by atoms with van der Waals surface area (Å²) >= 11 is 1.56. The summed E-state index contributed by atoms with van der Waals surface area (Å²) in [4.78, 5) is 16.8. The summed E-state index contributed by atoms with van der Waals surface area (Å²) < 4.78 is 10.4. The lowest BCUT2D eigenvalue weighted by atomic mass is 9.84. The van der Waals surface area contributed by atoms with Gasteiger partial charge in [0, 0.05) is 11.8 Å². The normalized spacial score (nSPS) is 12.2. The summed E-state index contributed by atoms with van der Waals surface area (Å²) in [6.45, 7) is 0. The lowest BCUT2D eigenvalue weighted by Gasteiger charge is -2.36. The summed E-state index contributed by atoms with van der Waals surface area (Å²) in [5, 5.41) is 13.1. The molecule has 0 aliphatic rings. The minimum atomic E-state index is -0.990. The van der Waals surface area contributed by atoms with Gasteiger partial charge in [-0.1, -0.05) is 91.0 Å². The first kappa shape index (κ1) is 24.5. The van der Waals surface area contributed by atoms with Crippen molar-refractivity contribution < 1.29 is 19.1 Å². The van der Waals surface area contributed by atoms with Gasteiger partial charge in [-0.25, -0.2) is 4.79 Å². The topological polar surface area (TPSA) is 84.6 Å². The molecule has 4 aromatic carbocycles. The number of hydrogen-bond donors (Lipinski definition) is 2. The molecular weight excluding hydrogens is 484 g/mol. The molecule has 5 rings (SSSR count). The molecule has 1 atom stereocenters. The van der Waals surface area contributed by atoms with Crippen LogP contribution in [0.15, 0.2) is 114 Å². The molecule has 7 heteroatoms. The predicted octanol–water partition coefficient (Wildman–Crippen LogP) is 6.43. The number of hydrogen-bond acceptors (Lipinski definition) is 6. The highest BCUT2D eigenvalue weighted by Gasteiger charge is 2.38. The second-order valence-corrected chi connectivity index (χ2v) is 9.71. The van der Waals surface area contributed by atoms with Crippen molar-refractivity contribution in [2.45, 2.75) is 10.8 Å². The lowest BCUT2D eigenvalue weighted by molar-refractivity contribution is -0.137. The van der Waals surface area contributed by atoms with Crippen molar-refractivity contribution >= 4 is 34.8 Å². The van der Waals surface area contributed by atoms with E-state index in [1.165, 1.54) is 0 Å². The minimum absolute atomic E-state index is 0.154. The van der Waals surface area contributed by atoms with E-state index in [1.807, 2.05) is 54.6 Å². The van der Waals surface area contributed by atoms with Crippen LogP contribution in [0.1, 0.15) is 16.7 Å². The number of carboxylic acids is 1. The van der Waals surface area contributed by atoms with Crippen molar-refractivity contribution in [3.05, 3.63) is 126 Å². The highest BCUT2D eigenvalue weighted by Crippen LogP contribution is 2.48. The molecule has 37 heavy (non-hydrogen) atoms. The average Bonchev–Trinajstić information content (AvgIpc) is 3.36. The fourth-order valence-corrected chi connectivity index (χ4v) is 5.95. The van der Waals surface area contributed by atoms with E-state index < -0.39 is 16.8 Å². The molecule has 0 saturated heterocycles. The smallest absolute Gasteiger partial charge is 0.327 e. The van der Waals surface area contributed by atoms with Crippen LogP contribution in [-0.4, -0.2) is 35.0 Å². The molecule has 0 amide bonds. The molecule has 0 fully saturated rings. The first-order chi connectivity index (χ1) is 18.1. The zero-order valence-corrected chi connectivity index (χ0v) is 21.0. The highest BCUT2D eigenvalue weighted by atomic mass is 32.2. The molecular formula is C30H26N2O4S. The number of benzene rings is 4. The second-order valence-electron chi connectivity index (χ2n) is 8.48. The van der Waals surface area contributed by atoms with Gasteiger partial charge in [-0.05, 0) is 28.8 Å². The zero-order valence-electron chi connectivity index (χ0n) is 20.2. The molecule has 186 valence electrons. The zero-order chi connectivity index (χ0) is 25.7. The Labute approximate surface area is 219 Å². The summed E-state index contributed by atoms with van der Waals surface area (Å²) in [6.07, 6.45) is 0. The first-order valence-corrected chi connectivity index (χ1v) is 12.8. The van der Waals surface area contributed by atoms with E-state index >= 15 is 0 Å². The summed E-state index contributed by atoms with van der Waals surface area (Å²) in [5.41, 5.74) is 4.33. The van der Waals surface area contributed by atoms with Gasteiger partial charge in [-0.15, -0.1) is 11.8 Å². The van der Waals surface area contributed by atoms with Gasteiger partial charge < -0.3 is 19.6 Å². The molecule has 2 N–H and O–H groups in total. The number of rotatable bonds is 10. The van der Waals surface area contributed by atoms with Crippen molar-refractivity contribution in [2.75, 3.05) is 18.2 Å². The van der Waals surface area contributed by atoms with Gasteiger partial charge in [0.2, 0.25) is 0 Å². The Bertz CT molecular complexity index is 1380. The van der Waals surface area contributed by atoms with Gasteiger partial charge in [-0.2, -0.15) is 4.98 Å². The lowest BCUT2D eigenvalue weighted by Crippen LogP contribution is -2.35. The number of ether oxygens (including phenoxy) is 1. The number of aliphatic carboxylic acids is 1. The molecule has 0 aliphatic carbocycles. The molecule has 0 radical (unpaired) electrons. The highest BCUT2D eigenvalue weighted by molar-refractivity contribution is 8.00. The van der Waals surface area contributed by atoms with Crippen molar-refractivity contribution in [3.8, 4) is 5.75 Å². The largest absolute Gasteiger partial charge is 0.497 e. The Morgan fingerprint density at radius 2 is 1.46 bits per heavy atom. The molecule has 0 unspecified atom stereocenters. The molecule has 1 aromatic heterocycles. The Morgan fingerprint density at radius 1 is 0.919 bits per heavy atom. The van der Waals surface area contributed by atoms with Crippen LogP contribution in [0.4, 0.5) is 6.01 Å². The number of carboxylic acid groups (broad SMARTS) is 1. The molecule has 0 spiro atoms. The Balaban J connectivity index is 1.52. The fraction of sp³-hybridized carbons (Fsp3) is 0.133. The van der Waals surface area contributed by atoms with Crippen LogP contribution in [0, 0.1) is 0 Å². The third-order valence-corrected chi connectivity index (χ3v) is 7.84. The Hall–Kier alpha value is -4.23. The molecule has 5 aromatic rings. The number of fused-ring (bicyclic) bond motifs is 1. The monoisotopic (exact) mass is 510 g/mol. The van der Waals surface area contributed by atoms with Gasteiger partial charge in [-0.3, -0.25) is 0 Å². The number of anilines is 1. The van der Waals surface area contributed by atoms with Crippen LogP contribution in [0.25, 0.3) is 11.1 Å². The number of thioether (sulfide) groups is 1. The predicted molar refractivity (Wildman–Crippen MR) is 147 cm³/mol. The molecule has 1 heterocycles. The number of nitrogens with zero attached hydrogens (tertiary/aromatic N) is 1. The summed E-state index contributed by atoms with van der Waals surface area (Å²) in [6, 6.07) is 35.0. The maximum Gasteiger partial charge on any atom is 0.327 e. The van der Waals surface area contributed by atoms with Gasteiger partial charge in [0.1, 0.15) is 17.3 Å². The third-order valence-electron chi connectivity index (χ3n) is 6.20. The van der Waals surface area contributed by atoms with E-state index in [2.05, 4.69) is 46.7 Å². The number of aromatic nitrogens is 1. The number of nitrogens with one attached hydrogen (secondary N) is 1. The van der Waals surface area contributed by atoms with Crippen LogP contribution < -0.4 is 10.1 Å². The Morgan fingerprint density at radius 3 is 1.95 bits per heavy atom. The van der Waals surface area contributed by atoms with E-state index in [9.17, 15) is 9.90 Å². The van der Waals surface area contributed by atoms with Gasteiger partial charge in [0.25, 0.3) is 6.01 Å². The Kier molecular flexibility index (Phi) is 7.14. The van der Waals surface area contributed by atoms with Crippen molar-refractivity contribution in [1.82, 2.24) is 4.98 Å². The van der Waals surface area contributed by atoms with Crippen molar-refractivity contribution in [2.24, 2.45) is 0 Å². The molecule has 0 aliphatic heterocycles. The number of carbonyl (C=O) groups is 1. The van der Waals surface area contributed by atoms with Gasteiger partial charge in [0.15, 0.2) is 5.58 Å². The standard InChI is InChI=1S/C30H26N2O4S/c1-35-24-17-18-27-25(19-24)31-29(36-27)32-26(28(33)34)20-37-30(21-11-5-2-6-12-21,22-13-7-3-8-14-22)23-15-9-4-10-16-23/h2-19,26H,20H2,1H3,(H,31,32)(H,33,34)/t26-/m0/s1. The molecule has 6 nitrogen and oxygen atoms in total. The first-order valence-electron chi connectivity index (χ1n) is 11.8. The average molecular weight is 511 g/mol. The van der Waals surface area contributed by atoms with E-state index in [4.69, 9.17) is 9.15 Å². The van der Waals surface area contributed by atoms with E-state index in [0.717, 1.165) is 16.7 Å². The van der Waals surface area contributed by atoms with Crippen LogP contribution >= 0.6 is 11.8 Å².